The van der Waals surface area contributed by atoms with Crippen LogP contribution in [0, 0.1) is 6.92 Å². The highest BCUT2D eigenvalue weighted by Crippen LogP contribution is 2.27. The Morgan fingerprint density at radius 2 is 2.05 bits per heavy atom. The van der Waals surface area contributed by atoms with Crippen LogP contribution in [0.1, 0.15) is 17.7 Å². The topological polar surface area (TPSA) is 66.5 Å². The number of hydrogen-bond acceptors (Lipinski definition) is 4. The first-order chi connectivity index (χ1) is 10.5. The number of aryl methyl sites for hydroxylation is 1. The number of thiophene rings is 1. The Morgan fingerprint density at radius 1 is 1.23 bits per heavy atom. The Morgan fingerprint density at radius 3 is 2.68 bits per heavy atom. The molecule has 0 radical (unpaired) electrons. The van der Waals surface area contributed by atoms with Gasteiger partial charge in [0.05, 0.1) is 5.69 Å². The summed E-state index contributed by atoms with van der Waals surface area (Å²) >= 11 is 1.23. The van der Waals surface area contributed by atoms with Gasteiger partial charge in [-0.25, -0.2) is 8.42 Å². The monoisotopic (exact) mass is 336 g/mol. The van der Waals surface area contributed by atoms with Crippen molar-refractivity contribution in [2.45, 2.75) is 24.0 Å². The van der Waals surface area contributed by atoms with Crippen molar-refractivity contribution in [3.63, 3.8) is 0 Å². The number of carbonyl (C=O) groups is 1. The van der Waals surface area contributed by atoms with Crippen LogP contribution in [0.3, 0.4) is 0 Å². The number of rotatable bonds is 4. The van der Waals surface area contributed by atoms with Crippen LogP contribution in [-0.4, -0.2) is 20.9 Å². The highest BCUT2D eigenvalue weighted by atomic mass is 32.2. The van der Waals surface area contributed by atoms with Gasteiger partial charge in [-0.1, -0.05) is 6.07 Å². The molecule has 2 aromatic rings. The molecule has 1 saturated heterocycles. The molecule has 1 amide bonds. The third kappa shape index (κ3) is 3.00. The lowest BCUT2D eigenvalue weighted by atomic mass is 10.2. The van der Waals surface area contributed by atoms with Crippen molar-refractivity contribution in [3.8, 4) is 0 Å². The molecule has 1 fully saturated rings. The maximum atomic E-state index is 12.3. The Hall–Kier alpha value is -1.86. The van der Waals surface area contributed by atoms with E-state index in [0.29, 0.717) is 18.7 Å². The summed E-state index contributed by atoms with van der Waals surface area (Å²) in [6, 6.07) is 10.3. The average molecular weight is 336 g/mol. The van der Waals surface area contributed by atoms with Crippen molar-refractivity contribution in [2.24, 2.45) is 0 Å². The highest BCUT2D eigenvalue weighted by Gasteiger charge is 2.22. The normalized spacial score (nSPS) is 15.3. The number of amides is 1. The molecule has 0 aliphatic carbocycles. The van der Waals surface area contributed by atoms with Crippen LogP contribution in [0.2, 0.25) is 0 Å². The quantitative estimate of drug-likeness (QED) is 0.933. The van der Waals surface area contributed by atoms with E-state index in [0.717, 1.165) is 17.0 Å². The standard InChI is InChI=1S/C15H16N2O3S2/c1-11-7-8-15(21-11)22(19,20)16-12-4-2-5-13(10-12)17-9-3-6-14(17)18/h2,4-5,7-8,10,16H,3,6,9H2,1H3. The predicted octanol–water partition coefficient (Wildman–Crippen LogP) is 2.98. The van der Waals surface area contributed by atoms with Crippen molar-refractivity contribution in [1.82, 2.24) is 0 Å². The summed E-state index contributed by atoms with van der Waals surface area (Å²) in [4.78, 5) is 14.4. The first-order valence-corrected chi connectivity index (χ1v) is 9.25. The Balaban J connectivity index is 1.85. The molecule has 0 spiro atoms. The van der Waals surface area contributed by atoms with E-state index in [1.807, 2.05) is 13.0 Å². The Kier molecular flexibility index (Phi) is 3.92. The first-order valence-electron chi connectivity index (χ1n) is 6.95. The SMILES string of the molecule is Cc1ccc(S(=O)(=O)Nc2cccc(N3CCCC3=O)c2)s1. The van der Waals surface area contributed by atoms with Crippen LogP contribution in [0.5, 0.6) is 0 Å². The van der Waals surface area contributed by atoms with Crippen molar-refractivity contribution in [2.75, 3.05) is 16.2 Å². The molecule has 1 aliphatic heterocycles. The zero-order valence-electron chi connectivity index (χ0n) is 12.1. The van der Waals surface area contributed by atoms with E-state index in [2.05, 4.69) is 4.72 Å². The zero-order valence-corrected chi connectivity index (χ0v) is 13.7. The molecule has 1 aromatic heterocycles. The molecular formula is C15H16N2O3S2. The zero-order chi connectivity index (χ0) is 15.7. The van der Waals surface area contributed by atoms with E-state index in [1.165, 1.54) is 11.3 Å². The van der Waals surface area contributed by atoms with E-state index in [1.54, 1.807) is 35.2 Å². The smallest absolute Gasteiger partial charge is 0.271 e. The number of anilines is 2. The number of nitrogens with zero attached hydrogens (tertiary/aromatic N) is 1. The lowest BCUT2D eigenvalue weighted by Crippen LogP contribution is -2.23. The van der Waals surface area contributed by atoms with Gasteiger partial charge in [0, 0.05) is 23.5 Å². The number of nitrogens with one attached hydrogen (secondary N) is 1. The second kappa shape index (κ2) is 5.73. The Labute approximate surface area is 133 Å². The third-order valence-corrected chi connectivity index (χ3v) is 6.34. The lowest BCUT2D eigenvalue weighted by Gasteiger charge is -2.17. The molecule has 2 heterocycles. The van der Waals surface area contributed by atoms with Gasteiger partial charge in [-0.15, -0.1) is 11.3 Å². The number of hydrogen-bond donors (Lipinski definition) is 1. The molecule has 0 bridgehead atoms. The van der Waals surface area contributed by atoms with Gasteiger partial charge in [-0.2, -0.15) is 0 Å². The van der Waals surface area contributed by atoms with Crippen LogP contribution >= 0.6 is 11.3 Å². The van der Waals surface area contributed by atoms with Gasteiger partial charge in [-0.05, 0) is 43.7 Å². The molecule has 0 saturated carbocycles. The molecule has 116 valence electrons. The van der Waals surface area contributed by atoms with E-state index in [9.17, 15) is 13.2 Å². The van der Waals surface area contributed by atoms with Crippen LogP contribution in [0.4, 0.5) is 11.4 Å². The molecular weight excluding hydrogens is 320 g/mol. The van der Waals surface area contributed by atoms with Crippen LogP contribution in [0.25, 0.3) is 0 Å². The minimum Gasteiger partial charge on any atom is -0.312 e. The van der Waals surface area contributed by atoms with Gasteiger partial charge in [0.2, 0.25) is 5.91 Å². The van der Waals surface area contributed by atoms with Crippen molar-refractivity contribution in [1.29, 1.82) is 0 Å². The summed E-state index contributed by atoms with van der Waals surface area (Å²) in [5.41, 5.74) is 1.19. The summed E-state index contributed by atoms with van der Waals surface area (Å²) in [5, 5.41) is 0. The Bertz CT molecular complexity index is 812. The van der Waals surface area contributed by atoms with Crippen molar-refractivity contribution < 1.29 is 13.2 Å². The van der Waals surface area contributed by atoms with E-state index >= 15 is 0 Å². The van der Waals surface area contributed by atoms with Gasteiger partial charge in [-0.3, -0.25) is 9.52 Å². The van der Waals surface area contributed by atoms with Gasteiger partial charge >= 0.3 is 0 Å². The fraction of sp³-hybridized carbons (Fsp3) is 0.267. The summed E-state index contributed by atoms with van der Waals surface area (Å²) in [6.45, 7) is 2.54. The lowest BCUT2D eigenvalue weighted by molar-refractivity contribution is -0.117. The summed E-state index contributed by atoms with van der Waals surface area (Å²) in [6.07, 6.45) is 1.38. The largest absolute Gasteiger partial charge is 0.312 e. The minimum absolute atomic E-state index is 0.0777. The number of benzene rings is 1. The molecule has 7 heteroatoms. The second-order valence-corrected chi connectivity index (χ2v) is 8.37. The second-order valence-electron chi connectivity index (χ2n) is 5.17. The van der Waals surface area contributed by atoms with E-state index in [4.69, 9.17) is 0 Å². The highest BCUT2D eigenvalue weighted by molar-refractivity contribution is 7.94. The molecule has 0 atom stereocenters. The minimum atomic E-state index is -3.58. The molecule has 1 aromatic carbocycles. The van der Waals surface area contributed by atoms with Gasteiger partial charge in [0.25, 0.3) is 10.0 Å². The molecule has 0 unspecified atom stereocenters. The van der Waals surface area contributed by atoms with Crippen molar-refractivity contribution >= 4 is 38.6 Å². The molecule has 1 aliphatic rings. The summed E-state index contributed by atoms with van der Waals surface area (Å²) in [7, 11) is -3.58. The number of carbonyl (C=O) groups excluding carboxylic acids is 1. The molecule has 1 N–H and O–H groups in total. The summed E-state index contributed by atoms with van der Waals surface area (Å²) < 4.78 is 27.5. The van der Waals surface area contributed by atoms with Crippen LogP contribution in [0.15, 0.2) is 40.6 Å². The predicted molar refractivity (Wildman–Crippen MR) is 87.9 cm³/mol. The van der Waals surface area contributed by atoms with Gasteiger partial charge in [0.1, 0.15) is 4.21 Å². The average Bonchev–Trinajstić information content (AvgIpc) is 3.07. The molecule has 22 heavy (non-hydrogen) atoms. The molecule has 5 nitrogen and oxygen atoms in total. The maximum absolute atomic E-state index is 12.3. The fourth-order valence-corrected chi connectivity index (χ4v) is 4.75. The summed E-state index contributed by atoms with van der Waals surface area (Å²) in [5.74, 6) is 0.0777. The van der Waals surface area contributed by atoms with Crippen LogP contribution in [-0.2, 0) is 14.8 Å². The first kappa shape index (κ1) is 15.1. The van der Waals surface area contributed by atoms with E-state index < -0.39 is 10.0 Å². The van der Waals surface area contributed by atoms with Gasteiger partial charge < -0.3 is 4.90 Å². The number of sulfonamides is 1. The maximum Gasteiger partial charge on any atom is 0.271 e. The van der Waals surface area contributed by atoms with E-state index in [-0.39, 0.29) is 10.1 Å². The van der Waals surface area contributed by atoms with Crippen molar-refractivity contribution in [3.05, 3.63) is 41.3 Å². The molecule has 3 rings (SSSR count). The van der Waals surface area contributed by atoms with Crippen LogP contribution < -0.4 is 9.62 Å². The third-order valence-electron chi connectivity index (χ3n) is 3.46. The fourth-order valence-electron chi connectivity index (χ4n) is 2.42. The van der Waals surface area contributed by atoms with Gasteiger partial charge in [0.15, 0.2) is 0 Å².